The van der Waals surface area contributed by atoms with E-state index in [9.17, 15) is 0 Å². The van der Waals surface area contributed by atoms with Gasteiger partial charge in [-0.25, -0.2) is 4.98 Å². The van der Waals surface area contributed by atoms with Crippen LogP contribution in [0.4, 0.5) is 0 Å². The number of fused-ring (bicyclic) bond motifs is 1. The lowest BCUT2D eigenvalue weighted by Gasteiger charge is -2.30. The van der Waals surface area contributed by atoms with Crippen LogP contribution in [0.15, 0.2) is 24.4 Å². The second kappa shape index (κ2) is 4.73. The second-order valence-electron chi connectivity index (χ2n) is 5.27. The number of imidazole rings is 1. The van der Waals surface area contributed by atoms with Gasteiger partial charge in [-0.3, -0.25) is 0 Å². The maximum Gasteiger partial charge on any atom is 0.137 e. The lowest BCUT2D eigenvalue weighted by molar-refractivity contribution is 0.221. The molecule has 2 aromatic rings. The summed E-state index contributed by atoms with van der Waals surface area (Å²) in [6, 6.07) is 6.32. The molecule has 0 aliphatic carbocycles. The van der Waals surface area contributed by atoms with Crippen LogP contribution in [-0.4, -0.2) is 33.9 Å². The Kier molecular flexibility index (Phi) is 3.08. The van der Waals surface area contributed by atoms with Gasteiger partial charge in [0.25, 0.3) is 0 Å². The van der Waals surface area contributed by atoms with Crippen molar-refractivity contribution in [1.29, 1.82) is 0 Å². The molecule has 3 nitrogen and oxygen atoms in total. The van der Waals surface area contributed by atoms with Crippen molar-refractivity contribution in [2.24, 2.45) is 0 Å². The average molecular weight is 243 g/mol. The van der Waals surface area contributed by atoms with Crippen LogP contribution in [0, 0.1) is 6.92 Å². The Morgan fingerprint density at radius 3 is 2.72 bits per heavy atom. The highest BCUT2D eigenvalue weighted by Gasteiger charge is 2.21. The van der Waals surface area contributed by atoms with Gasteiger partial charge in [0, 0.05) is 17.8 Å². The van der Waals surface area contributed by atoms with E-state index in [0.717, 1.165) is 5.65 Å². The highest BCUT2D eigenvalue weighted by atomic mass is 15.1. The molecule has 1 aliphatic rings. The molecule has 2 aromatic heterocycles. The van der Waals surface area contributed by atoms with Gasteiger partial charge < -0.3 is 9.30 Å². The second-order valence-corrected chi connectivity index (χ2v) is 5.27. The van der Waals surface area contributed by atoms with Crippen LogP contribution in [0.2, 0.25) is 0 Å². The SMILES string of the molecule is CCN1CCC(c2cn3c(C)cccc3n2)CC1. The molecule has 18 heavy (non-hydrogen) atoms. The van der Waals surface area contributed by atoms with Crippen LogP contribution in [-0.2, 0) is 0 Å². The molecular formula is C15H21N3. The van der Waals surface area contributed by atoms with Crippen LogP contribution in [0.5, 0.6) is 0 Å². The van der Waals surface area contributed by atoms with Crippen molar-refractivity contribution >= 4 is 5.65 Å². The van der Waals surface area contributed by atoms with E-state index < -0.39 is 0 Å². The molecule has 0 unspecified atom stereocenters. The summed E-state index contributed by atoms with van der Waals surface area (Å²) in [5.74, 6) is 0.645. The molecule has 0 amide bonds. The summed E-state index contributed by atoms with van der Waals surface area (Å²) >= 11 is 0. The van der Waals surface area contributed by atoms with Crippen molar-refractivity contribution in [2.75, 3.05) is 19.6 Å². The molecule has 1 aliphatic heterocycles. The minimum atomic E-state index is 0.645. The van der Waals surface area contributed by atoms with Crippen molar-refractivity contribution in [3.05, 3.63) is 35.8 Å². The van der Waals surface area contributed by atoms with Crippen molar-refractivity contribution in [1.82, 2.24) is 14.3 Å². The highest BCUT2D eigenvalue weighted by molar-refractivity contribution is 5.42. The first-order valence-electron chi connectivity index (χ1n) is 6.95. The molecule has 0 N–H and O–H groups in total. The maximum absolute atomic E-state index is 4.79. The van der Waals surface area contributed by atoms with Crippen LogP contribution in [0.25, 0.3) is 5.65 Å². The third-order valence-corrected chi connectivity index (χ3v) is 4.17. The summed E-state index contributed by atoms with van der Waals surface area (Å²) in [7, 11) is 0. The molecule has 3 rings (SSSR count). The zero-order chi connectivity index (χ0) is 12.5. The summed E-state index contributed by atoms with van der Waals surface area (Å²) in [5.41, 5.74) is 3.63. The minimum absolute atomic E-state index is 0.645. The fourth-order valence-electron chi connectivity index (χ4n) is 2.91. The zero-order valence-electron chi connectivity index (χ0n) is 11.3. The van der Waals surface area contributed by atoms with E-state index in [-0.39, 0.29) is 0 Å². The summed E-state index contributed by atoms with van der Waals surface area (Å²) in [4.78, 5) is 7.32. The fraction of sp³-hybridized carbons (Fsp3) is 0.533. The molecule has 3 heterocycles. The molecule has 0 aromatic carbocycles. The van der Waals surface area contributed by atoms with E-state index in [4.69, 9.17) is 4.98 Å². The number of hydrogen-bond acceptors (Lipinski definition) is 2. The van der Waals surface area contributed by atoms with Crippen LogP contribution < -0.4 is 0 Å². The molecule has 1 saturated heterocycles. The zero-order valence-corrected chi connectivity index (χ0v) is 11.3. The molecular weight excluding hydrogens is 222 g/mol. The van der Waals surface area contributed by atoms with Crippen LogP contribution >= 0.6 is 0 Å². The predicted molar refractivity (Wildman–Crippen MR) is 74.0 cm³/mol. The molecule has 3 heteroatoms. The number of pyridine rings is 1. The fourth-order valence-corrected chi connectivity index (χ4v) is 2.91. The van der Waals surface area contributed by atoms with Gasteiger partial charge in [0.15, 0.2) is 0 Å². The lowest BCUT2D eigenvalue weighted by atomic mass is 9.94. The number of aryl methyl sites for hydroxylation is 1. The quantitative estimate of drug-likeness (QED) is 0.808. The van der Waals surface area contributed by atoms with E-state index in [2.05, 4.69) is 47.5 Å². The van der Waals surface area contributed by atoms with Crippen molar-refractivity contribution < 1.29 is 0 Å². The summed E-state index contributed by atoms with van der Waals surface area (Å²) in [6.07, 6.45) is 4.73. The van der Waals surface area contributed by atoms with Crippen LogP contribution in [0.3, 0.4) is 0 Å². The van der Waals surface area contributed by atoms with E-state index in [1.165, 1.54) is 43.9 Å². The van der Waals surface area contributed by atoms with Gasteiger partial charge in [-0.15, -0.1) is 0 Å². The van der Waals surface area contributed by atoms with Gasteiger partial charge >= 0.3 is 0 Å². The van der Waals surface area contributed by atoms with E-state index in [0.29, 0.717) is 5.92 Å². The van der Waals surface area contributed by atoms with Crippen LogP contribution in [0.1, 0.15) is 37.1 Å². The van der Waals surface area contributed by atoms with E-state index in [1.54, 1.807) is 0 Å². The topological polar surface area (TPSA) is 20.5 Å². The molecule has 0 radical (unpaired) electrons. The minimum Gasteiger partial charge on any atom is -0.304 e. The van der Waals surface area contributed by atoms with Crippen molar-refractivity contribution in [2.45, 2.75) is 32.6 Å². The Bertz CT molecular complexity index is 536. The van der Waals surface area contributed by atoms with Gasteiger partial charge in [-0.1, -0.05) is 13.0 Å². The molecule has 0 bridgehead atoms. The first-order valence-corrected chi connectivity index (χ1v) is 6.95. The van der Waals surface area contributed by atoms with E-state index in [1.807, 2.05) is 0 Å². The summed E-state index contributed by atoms with van der Waals surface area (Å²) in [6.45, 7) is 7.99. The Balaban J connectivity index is 1.85. The summed E-state index contributed by atoms with van der Waals surface area (Å²) < 4.78 is 2.21. The number of likely N-dealkylation sites (tertiary alicyclic amines) is 1. The van der Waals surface area contributed by atoms with Crippen molar-refractivity contribution in [3.8, 4) is 0 Å². The monoisotopic (exact) mass is 243 g/mol. The Hall–Kier alpha value is -1.35. The number of aromatic nitrogens is 2. The standard InChI is InChI=1S/C15H21N3/c1-3-17-9-7-13(8-10-17)14-11-18-12(2)5-4-6-15(18)16-14/h4-6,11,13H,3,7-10H2,1-2H3. The average Bonchev–Trinajstić information content (AvgIpc) is 2.84. The summed E-state index contributed by atoms with van der Waals surface area (Å²) in [5, 5.41) is 0. The lowest BCUT2D eigenvalue weighted by Crippen LogP contribution is -2.32. The van der Waals surface area contributed by atoms with Gasteiger partial charge in [0.2, 0.25) is 0 Å². The van der Waals surface area contributed by atoms with Crippen molar-refractivity contribution in [3.63, 3.8) is 0 Å². The highest BCUT2D eigenvalue weighted by Crippen LogP contribution is 2.27. The molecule has 0 saturated carbocycles. The van der Waals surface area contributed by atoms with Gasteiger partial charge in [-0.05, 0) is 51.5 Å². The number of hydrogen-bond donors (Lipinski definition) is 0. The molecule has 1 fully saturated rings. The Morgan fingerprint density at radius 1 is 1.28 bits per heavy atom. The van der Waals surface area contributed by atoms with Gasteiger partial charge in [-0.2, -0.15) is 0 Å². The van der Waals surface area contributed by atoms with Gasteiger partial charge in [0.05, 0.1) is 5.69 Å². The molecule has 0 atom stereocenters. The number of nitrogens with zero attached hydrogens (tertiary/aromatic N) is 3. The number of piperidine rings is 1. The first-order chi connectivity index (χ1) is 8.78. The first kappa shape index (κ1) is 11.7. The van der Waals surface area contributed by atoms with Gasteiger partial charge in [0.1, 0.15) is 5.65 Å². The largest absolute Gasteiger partial charge is 0.304 e. The molecule has 0 spiro atoms. The smallest absolute Gasteiger partial charge is 0.137 e. The third-order valence-electron chi connectivity index (χ3n) is 4.17. The number of rotatable bonds is 2. The maximum atomic E-state index is 4.79. The third kappa shape index (κ3) is 2.03. The van der Waals surface area contributed by atoms with E-state index >= 15 is 0 Å². The predicted octanol–water partition coefficient (Wildman–Crippen LogP) is 2.84. The Labute approximate surface area is 108 Å². The normalized spacial score (nSPS) is 18.6. The Morgan fingerprint density at radius 2 is 2.06 bits per heavy atom. The molecule has 96 valence electrons.